The quantitative estimate of drug-likeness (QED) is 0.260. The van der Waals surface area contributed by atoms with Gasteiger partial charge in [0.25, 0.3) is 11.9 Å². The molecule has 0 radical (unpaired) electrons. The zero-order valence-corrected chi connectivity index (χ0v) is 16.8. The van der Waals surface area contributed by atoms with Crippen LogP contribution in [0.15, 0.2) is 18.7 Å². The molecule has 3 aromatic rings. The van der Waals surface area contributed by atoms with Crippen LogP contribution in [0, 0.1) is 0 Å². The molecule has 3 aromatic heterocycles. The first kappa shape index (κ1) is 19.0. The number of carbonyl (C=O) groups excluding carboxylic acids is 1. The second-order valence-corrected chi connectivity index (χ2v) is 7.61. The molecule has 1 amide bonds. The Labute approximate surface area is 171 Å². The second kappa shape index (κ2) is 7.23. The summed E-state index contributed by atoms with van der Waals surface area (Å²) in [6.07, 6.45) is 2.24. The highest BCUT2D eigenvalue weighted by atomic mass is 127. The summed E-state index contributed by atoms with van der Waals surface area (Å²) in [6, 6.07) is 0. The number of anilines is 1. The Morgan fingerprint density at radius 1 is 1.46 bits per heavy atom. The van der Waals surface area contributed by atoms with E-state index in [1.54, 1.807) is 4.57 Å². The number of nitrogens with one attached hydrogen (secondary N) is 1. The largest absolute Gasteiger partial charge is 0.394 e. The van der Waals surface area contributed by atoms with Gasteiger partial charge in [-0.3, -0.25) is 9.36 Å². The summed E-state index contributed by atoms with van der Waals surface area (Å²) in [5, 5.41) is 26.2. The number of aliphatic hydroxyl groups is 2. The minimum atomic E-state index is -0.840. The molecule has 1 aliphatic rings. The van der Waals surface area contributed by atoms with Gasteiger partial charge in [-0.15, -0.1) is 0 Å². The van der Waals surface area contributed by atoms with Gasteiger partial charge >= 0.3 is 0 Å². The maximum absolute atomic E-state index is 11.7. The Hall–Kier alpha value is -2.36. The van der Waals surface area contributed by atoms with Crippen LogP contribution in [-0.2, 0) is 4.74 Å². The van der Waals surface area contributed by atoms with Gasteiger partial charge in [0.1, 0.15) is 11.6 Å². The van der Waals surface area contributed by atoms with E-state index in [1.807, 2.05) is 0 Å². The first-order chi connectivity index (χ1) is 13.4. The number of rotatable bonds is 4. The number of aliphatic hydroxyl groups excluding tert-OH is 2. The topological polar surface area (TPSA) is 166 Å². The summed E-state index contributed by atoms with van der Waals surface area (Å²) < 4.78 is 8.39. The summed E-state index contributed by atoms with van der Waals surface area (Å²) in [4.78, 5) is 24.7. The van der Waals surface area contributed by atoms with E-state index < -0.39 is 18.4 Å². The summed E-state index contributed by atoms with van der Waals surface area (Å²) in [5.41, 5.74) is 7.14. The van der Waals surface area contributed by atoms with Crippen LogP contribution >= 0.6 is 22.6 Å². The number of ether oxygens (including phenoxy) is 1. The van der Waals surface area contributed by atoms with Crippen LogP contribution in [0.5, 0.6) is 0 Å². The van der Waals surface area contributed by atoms with E-state index in [-0.39, 0.29) is 28.2 Å². The number of fused-ring (bicyclic) bond motifs is 1. The summed E-state index contributed by atoms with van der Waals surface area (Å²) in [6.45, 7) is -0.304. The predicted octanol–water partition coefficient (Wildman–Crippen LogP) is -0.992. The van der Waals surface area contributed by atoms with Crippen LogP contribution in [0.4, 0.5) is 5.82 Å². The Bertz CT molecular complexity index is 1040. The number of imidazole rings is 1. The molecule has 0 bridgehead atoms. The van der Waals surface area contributed by atoms with E-state index in [0.717, 1.165) is 0 Å². The standard InChI is InChI=1S/C15H17IN8O4/c1-18-13(27)6-2-20-24(3-6)15-21-11(17)9-12(22-15)23(5-19-9)14-8(16)10(26)7(4-25)28-14/h2-3,5,7-8,10,14,25-26H,4H2,1H3,(H,18,27)(H2,17,21,22)/t7-,8-,10-,14-/m1/s1. The fraction of sp³-hybridized carbons (Fsp3) is 0.400. The van der Waals surface area contributed by atoms with Crippen molar-refractivity contribution in [2.24, 2.45) is 0 Å². The summed E-state index contributed by atoms with van der Waals surface area (Å²) >= 11 is 2.06. The smallest absolute Gasteiger partial charge is 0.254 e. The predicted molar refractivity (Wildman–Crippen MR) is 105 cm³/mol. The van der Waals surface area contributed by atoms with Crippen molar-refractivity contribution in [2.75, 3.05) is 19.4 Å². The lowest BCUT2D eigenvalue weighted by molar-refractivity contribution is -0.0429. The Kier molecular flexibility index (Phi) is 4.90. The Morgan fingerprint density at radius 2 is 2.25 bits per heavy atom. The highest BCUT2D eigenvalue weighted by Gasteiger charge is 2.43. The van der Waals surface area contributed by atoms with E-state index in [2.05, 4.69) is 48.0 Å². The van der Waals surface area contributed by atoms with Gasteiger partial charge in [0.05, 0.1) is 34.7 Å². The average Bonchev–Trinajstić information content (AvgIpc) is 3.40. The van der Waals surface area contributed by atoms with E-state index in [4.69, 9.17) is 10.5 Å². The van der Waals surface area contributed by atoms with Gasteiger partial charge in [-0.25, -0.2) is 9.67 Å². The van der Waals surface area contributed by atoms with E-state index in [9.17, 15) is 15.0 Å². The first-order valence-electron chi connectivity index (χ1n) is 8.30. The van der Waals surface area contributed by atoms with Crippen LogP contribution in [0.3, 0.4) is 0 Å². The second-order valence-electron chi connectivity index (χ2n) is 6.17. The average molecular weight is 500 g/mol. The van der Waals surface area contributed by atoms with Crippen LogP contribution < -0.4 is 11.1 Å². The molecule has 1 fully saturated rings. The van der Waals surface area contributed by atoms with Crippen molar-refractivity contribution in [2.45, 2.75) is 22.4 Å². The van der Waals surface area contributed by atoms with Crippen molar-refractivity contribution in [3.63, 3.8) is 0 Å². The lowest BCUT2D eigenvalue weighted by Gasteiger charge is -2.16. The van der Waals surface area contributed by atoms with Crippen molar-refractivity contribution < 1.29 is 19.7 Å². The number of nitrogen functional groups attached to an aromatic ring is 1. The SMILES string of the molecule is CNC(=O)c1cnn(-c2nc(N)c3ncn([C@@H]4O[C@H](CO)[C@@H](O)[C@H]4I)c3n2)c1. The highest BCUT2D eigenvalue weighted by molar-refractivity contribution is 14.1. The first-order valence-corrected chi connectivity index (χ1v) is 9.54. The number of hydrogen-bond acceptors (Lipinski definition) is 9. The van der Waals surface area contributed by atoms with E-state index in [1.165, 1.54) is 30.5 Å². The van der Waals surface area contributed by atoms with Gasteiger partial charge in [0, 0.05) is 13.2 Å². The molecule has 5 N–H and O–H groups in total. The van der Waals surface area contributed by atoms with Crippen LogP contribution in [0.25, 0.3) is 17.1 Å². The van der Waals surface area contributed by atoms with Crippen molar-refractivity contribution in [1.29, 1.82) is 0 Å². The number of nitrogens with two attached hydrogens (primary N) is 1. The molecular weight excluding hydrogens is 483 g/mol. The normalized spacial score (nSPS) is 24.7. The van der Waals surface area contributed by atoms with Crippen LogP contribution in [0.2, 0.25) is 0 Å². The number of aromatic nitrogens is 6. The fourth-order valence-corrected chi connectivity index (χ4v) is 3.97. The fourth-order valence-electron chi connectivity index (χ4n) is 2.99. The molecule has 4 heterocycles. The number of hydrogen-bond donors (Lipinski definition) is 4. The van der Waals surface area contributed by atoms with Crippen molar-refractivity contribution >= 4 is 45.5 Å². The molecule has 28 heavy (non-hydrogen) atoms. The molecule has 0 spiro atoms. The lowest BCUT2D eigenvalue weighted by Crippen LogP contribution is -2.29. The number of alkyl halides is 1. The van der Waals surface area contributed by atoms with Gasteiger partial charge in [0.2, 0.25) is 0 Å². The minimum absolute atomic E-state index is 0.137. The minimum Gasteiger partial charge on any atom is -0.394 e. The van der Waals surface area contributed by atoms with E-state index >= 15 is 0 Å². The van der Waals surface area contributed by atoms with Crippen molar-refractivity contribution in [3.05, 3.63) is 24.3 Å². The van der Waals surface area contributed by atoms with Gasteiger partial charge in [-0.05, 0) is 0 Å². The van der Waals surface area contributed by atoms with Crippen molar-refractivity contribution in [3.8, 4) is 5.95 Å². The van der Waals surface area contributed by atoms with E-state index in [0.29, 0.717) is 16.7 Å². The zero-order chi connectivity index (χ0) is 20.0. The van der Waals surface area contributed by atoms with Gasteiger partial charge in [-0.1, -0.05) is 22.6 Å². The van der Waals surface area contributed by atoms with Gasteiger partial charge in [0.15, 0.2) is 17.7 Å². The lowest BCUT2D eigenvalue weighted by atomic mass is 10.2. The molecule has 0 aromatic carbocycles. The Balaban J connectivity index is 1.77. The maximum atomic E-state index is 11.7. The third kappa shape index (κ3) is 2.99. The maximum Gasteiger partial charge on any atom is 0.254 e. The Morgan fingerprint density at radius 3 is 2.93 bits per heavy atom. The molecule has 148 valence electrons. The summed E-state index contributed by atoms with van der Waals surface area (Å²) in [5.74, 6) is 0.00338. The molecular formula is C15H17IN8O4. The molecule has 1 aliphatic heterocycles. The van der Waals surface area contributed by atoms with Crippen molar-refractivity contribution in [1.82, 2.24) is 34.6 Å². The molecule has 0 aliphatic carbocycles. The highest BCUT2D eigenvalue weighted by Crippen LogP contribution is 2.36. The van der Waals surface area contributed by atoms with Gasteiger partial charge in [-0.2, -0.15) is 15.1 Å². The molecule has 4 rings (SSSR count). The third-order valence-corrected chi connectivity index (χ3v) is 5.81. The zero-order valence-electron chi connectivity index (χ0n) is 14.6. The van der Waals surface area contributed by atoms with Crippen LogP contribution in [-0.4, -0.2) is 75.2 Å². The number of amides is 1. The molecule has 13 heteroatoms. The summed E-state index contributed by atoms with van der Waals surface area (Å²) in [7, 11) is 1.52. The third-order valence-electron chi connectivity index (χ3n) is 4.46. The molecule has 12 nitrogen and oxygen atoms in total. The number of halogens is 1. The number of carbonyl (C=O) groups is 1. The number of nitrogens with zero attached hydrogens (tertiary/aromatic N) is 6. The molecule has 0 saturated carbocycles. The van der Waals surface area contributed by atoms with Gasteiger partial charge < -0.3 is 26.0 Å². The molecule has 0 unspecified atom stereocenters. The molecule has 1 saturated heterocycles. The monoisotopic (exact) mass is 500 g/mol. The van der Waals surface area contributed by atoms with Crippen LogP contribution in [0.1, 0.15) is 16.6 Å². The molecule has 4 atom stereocenters.